The van der Waals surface area contributed by atoms with Crippen LogP contribution in [-0.4, -0.2) is 35.2 Å². The summed E-state index contributed by atoms with van der Waals surface area (Å²) in [6, 6.07) is 6.01. The lowest BCUT2D eigenvalue weighted by molar-refractivity contribution is -0.119. The van der Waals surface area contributed by atoms with Crippen LogP contribution in [-0.2, 0) is 11.3 Å². The normalized spacial score (nSPS) is 19.3. The van der Waals surface area contributed by atoms with E-state index in [1.165, 1.54) is 0 Å². The second kappa shape index (κ2) is 6.03. The van der Waals surface area contributed by atoms with Gasteiger partial charge >= 0.3 is 0 Å². The van der Waals surface area contributed by atoms with Crippen LogP contribution < -0.4 is 14.8 Å². The van der Waals surface area contributed by atoms with Gasteiger partial charge in [-0.2, -0.15) is 0 Å². The van der Waals surface area contributed by atoms with Crippen LogP contribution in [0.25, 0.3) is 11.6 Å². The topological polar surface area (TPSA) is 65.4 Å². The van der Waals surface area contributed by atoms with Crippen molar-refractivity contribution in [2.24, 2.45) is 0 Å². The molecule has 6 nitrogen and oxygen atoms in total. The van der Waals surface area contributed by atoms with Crippen molar-refractivity contribution in [3.05, 3.63) is 42.0 Å². The number of para-hydroxylation sites is 1. The molecule has 0 bridgehead atoms. The van der Waals surface area contributed by atoms with Crippen LogP contribution in [0, 0.1) is 0 Å². The van der Waals surface area contributed by atoms with Gasteiger partial charge in [0.05, 0.1) is 7.11 Å². The first-order valence-corrected chi connectivity index (χ1v) is 8.06. The molecule has 24 heavy (non-hydrogen) atoms. The smallest absolute Gasteiger partial charge is 0.220 e. The van der Waals surface area contributed by atoms with Gasteiger partial charge in [0.1, 0.15) is 12.4 Å². The zero-order valence-electron chi connectivity index (χ0n) is 13.5. The number of methoxy groups -OCH3 is 1. The van der Waals surface area contributed by atoms with Gasteiger partial charge in [-0.1, -0.05) is 12.1 Å². The Kier molecular flexibility index (Phi) is 3.72. The molecule has 1 N–H and O–H groups in total. The van der Waals surface area contributed by atoms with Crippen molar-refractivity contribution in [2.75, 3.05) is 13.7 Å². The second-order valence-corrected chi connectivity index (χ2v) is 6.04. The summed E-state index contributed by atoms with van der Waals surface area (Å²) in [5.74, 6) is 2.51. The van der Waals surface area contributed by atoms with Crippen LogP contribution in [0.15, 0.2) is 30.6 Å². The van der Waals surface area contributed by atoms with E-state index < -0.39 is 0 Å². The van der Waals surface area contributed by atoms with Crippen LogP contribution in [0.4, 0.5) is 0 Å². The van der Waals surface area contributed by atoms with Crippen LogP contribution in [0.5, 0.6) is 11.5 Å². The van der Waals surface area contributed by atoms with Gasteiger partial charge in [-0.15, -0.1) is 0 Å². The van der Waals surface area contributed by atoms with Crippen LogP contribution in [0.2, 0.25) is 0 Å². The fourth-order valence-corrected chi connectivity index (χ4v) is 3.27. The molecule has 1 fully saturated rings. The number of hydrogen-bond donors (Lipinski definition) is 1. The Balaban J connectivity index is 1.62. The highest BCUT2D eigenvalue weighted by atomic mass is 16.5. The molecule has 1 saturated heterocycles. The van der Waals surface area contributed by atoms with Crippen molar-refractivity contribution in [3.8, 4) is 11.5 Å². The molecule has 1 aromatic carbocycles. The summed E-state index contributed by atoms with van der Waals surface area (Å²) in [6.45, 7) is 1.17. The molecular weight excluding hydrogens is 306 g/mol. The fourth-order valence-electron chi connectivity index (χ4n) is 3.27. The SMILES string of the molecule is COc1cccc2c1OCC(c1nccn1CC1CCC(=O)N1)=C2. The molecule has 2 aromatic rings. The Morgan fingerprint density at radius 1 is 1.46 bits per heavy atom. The molecule has 124 valence electrons. The lowest BCUT2D eigenvalue weighted by Gasteiger charge is -2.21. The van der Waals surface area contributed by atoms with Gasteiger partial charge < -0.3 is 19.4 Å². The van der Waals surface area contributed by atoms with Crippen LogP contribution >= 0.6 is 0 Å². The lowest BCUT2D eigenvalue weighted by atomic mass is 10.1. The number of carbonyl (C=O) groups is 1. The first kappa shape index (κ1) is 14.8. The number of rotatable bonds is 4. The number of benzene rings is 1. The third-order valence-corrected chi connectivity index (χ3v) is 4.44. The second-order valence-electron chi connectivity index (χ2n) is 6.04. The number of nitrogens with one attached hydrogen (secondary N) is 1. The summed E-state index contributed by atoms with van der Waals surface area (Å²) in [5, 5.41) is 3.00. The molecule has 6 heteroatoms. The predicted molar refractivity (Wildman–Crippen MR) is 89.8 cm³/mol. The summed E-state index contributed by atoms with van der Waals surface area (Å²) in [5.41, 5.74) is 2.00. The number of hydrogen-bond acceptors (Lipinski definition) is 4. The highest BCUT2D eigenvalue weighted by molar-refractivity contribution is 5.84. The molecular formula is C18H19N3O3. The highest BCUT2D eigenvalue weighted by Gasteiger charge is 2.24. The molecule has 1 unspecified atom stereocenters. The number of fused-ring (bicyclic) bond motifs is 1. The molecule has 0 spiro atoms. The van der Waals surface area contributed by atoms with Gasteiger partial charge in [0.25, 0.3) is 0 Å². The largest absolute Gasteiger partial charge is 0.493 e. The number of ether oxygens (including phenoxy) is 2. The number of imidazole rings is 1. The van der Waals surface area contributed by atoms with Crippen LogP contribution in [0.1, 0.15) is 24.2 Å². The van der Waals surface area contributed by atoms with E-state index in [1.807, 2.05) is 24.4 Å². The zero-order valence-corrected chi connectivity index (χ0v) is 13.5. The lowest BCUT2D eigenvalue weighted by Crippen LogP contribution is -2.30. The number of carbonyl (C=O) groups excluding carboxylic acids is 1. The number of aromatic nitrogens is 2. The Morgan fingerprint density at radius 3 is 3.17 bits per heavy atom. The third-order valence-electron chi connectivity index (χ3n) is 4.44. The van der Waals surface area contributed by atoms with E-state index in [0.29, 0.717) is 13.0 Å². The number of nitrogens with zero attached hydrogens (tertiary/aromatic N) is 2. The Labute approximate surface area is 140 Å². The average Bonchev–Trinajstić information content (AvgIpc) is 3.23. The number of amides is 1. The standard InChI is InChI=1S/C18H19N3O3/c1-23-15-4-2-3-12-9-13(11-24-17(12)15)18-19-7-8-21(18)10-14-5-6-16(22)20-14/h2-4,7-9,14H,5-6,10-11H2,1H3,(H,20,22). The molecule has 3 heterocycles. The highest BCUT2D eigenvalue weighted by Crippen LogP contribution is 2.37. The van der Waals surface area contributed by atoms with Gasteiger partial charge in [-0.25, -0.2) is 4.98 Å². The molecule has 0 radical (unpaired) electrons. The third kappa shape index (κ3) is 2.64. The maximum absolute atomic E-state index is 11.4. The maximum atomic E-state index is 11.4. The van der Waals surface area contributed by atoms with E-state index in [9.17, 15) is 4.79 Å². The molecule has 2 aliphatic heterocycles. The molecule has 4 rings (SSSR count). The van der Waals surface area contributed by atoms with E-state index in [0.717, 1.165) is 41.4 Å². The fraction of sp³-hybridized carbons (Fsp3) is 0.333. The summed E-state index contributed by atoms with van der Waals surface area (Å²) in [4.78, 5) is 15.9. The Bertz CT molecular complexity index is 810. The zero-order chi connectivity index (χ0) is 16.5. The van der Waals surface area contributed by atoms with E-state index in [4.69, 9.17) is 9.47 Å². The van der Waals surface area contributed by atoms with Crippen molar-refractivity contribution in [1.82, 2.24) is 14.9 Å². The van der Waals surface area contributed by atoms with Crippen molar-refractivity contribution in [2.45, 2.75) is 25.4 Å². The van der Waals surface area contributed by atoms with Crippen molar-refractivity contribution < 1.29 is 14.3 Å². The van der Waals surface area contributed by atoms with Gasteiger partial charge in [0.15, 0.2) is 11.5 Å². The summed E-state index contributed by atoms with van der Waals surface area (Å²) < 4.78 is 13.3. The minimum atomic E-state index is 0.128. The Hall–Kier alpha value is -2.76. The Morgan fingerprint density at radius 2 is 2.38 bits per heavy atom. The maximum Gasteiger partial charge on any atom is 0.220 e. The predicted octanol–water partition coefficient (Wildman–Crippen LogP) is 2.10. The quantitative estimate of drug-likeness (QED) is 0.935. The summed E-state index contributed by atoms with van der Waals surface area (Å²) >= 11 is 0. The van der Waals surface area contributed by atoms with E-state index in [2.05, 4.69) is 20.9 Å². The van der Waals surface area contributed by atoms with Crippen molar-refractivity contribution in [3.63, 3.8) is 0 Å². The van der Waals surface area contributed by atoms with Crippen molar-refractivity contribution in [1.29, 1.82) is 0 Å². The van der Waals surface area contributed by atoms with Gasteiger partial charge in [0, 0.05) is 42.5 Å². The monoisotopic (exact) mass is 325 g/mol. The minimum Gasteiger partial charge on any atom is -0.493 e. The van der Waals surface area contributed by atoms with Crippen molar-refractivity contribution >= 4 is 17.6 Å². The molecule has 0 aliphatic carbocycles. The summed E-state index contributed by atoms with van der Waals surface area (Å²) in [7, 11) is 1.64. The van der Waals surface area contributed by atoms with E-state index in [1.54, 1.807) is 13.3 Å². The van der Waals surface area contributed by atoms with Gasteiger partial charge in [0.2, 0.25) is 5.91 Å². The molecule has 1 atom stereocenters. The van der Waals surface area contributed by atoms with E-state index >= 15 is 0 Å². The molecule has 1 aromatic heterocycles. The summed E-state index contributed by atoms with van der Waals surface area (Å²) in [6.07, 6.45) is 7.29. The van der Waals surface area contributed by atoms with Gasteiger partial charge in [-0.3, -0.25) is 4.79 Å². The van der Waals surface area contributed by atoms with Gasteiger partial charge in [-0.05, 0) is 18.6 Å². The average molecular weight is 325 g/mol. The first-order chi connectivity index (χ1) is 11.7. The first-order valence-electron chi connectivity index (χ1n) is 8.06. The molecule has 2 aliphatic rings. The molecule has 1 amide bonds. The minimum absolute atomic E-state index is 0.128. The van der Waals surface area contributed by atoms with Crippen LogP contribution in [0.3, 0.4) is 0 Å². The van der Waals surface area contributed by atoms with E-state index in [-0.39, 0.29) is 11.9 Å². The molecule has 0 saturated carbocycles.